The number of halogens is 2. The number of carbonyl (C=O) groups is 1. The van der Waals surface area contributed by atoms with Gasteiger partial charge >= 0.3 is 0 Å². The first kappa shape index (κ1) is 19.4. The van der Waals surface area contributed by atoms with Crippen molar-refractivity contribution in [2.24, 2.45) is 0 Å². The van der Waals surface area contributed by atoms with E-state index in [1.165, 1.54) is 0 Å². The van der Waals surface area contributed by atoms with Crippen LogP contribution in [0.1, 0.15) is 19.4 Å². The Kier molecular flexibility index (Phi) is 6.97. The molecule has 2 aromatic carbocycles. The molecule has 0 atom stereocenters. The number of aryl methyl sites for hydroxylation is 1. The van der Waals surface area contributed by atoms with Gasteiger partial charge < -0.3 is 15.5 Å². The summed E-state index contributed by atoms with van der Waals surface area (Å²) in [5.74, 6) is -0.144. The Morgan fingerprint density at radius 2 is 1.76 bits per heavy atom. The first-order chi connectivity index (χ1) is 11.9. The van der Waals surface area contributed by atoms with Crippen LogP contribution in [0.4, 0.5) is 17.1 Å². The van der Waals surface area contributed by atoms with Gasteiger partial charge in [-0.25, -0.2) is 0 Å². The third-order valence-corrected chi connectivity index (χ3v) is 4.55. The predicted octanol–water partition coefficient (Wildman–Crippen LogP) is 5.20. The van der Waals surface area contributed by atoms with Gasteiger partial charge in [-0.15, -0.1) is 0 Å². The smallest absolute Gasteiger partial charge is 0.243 e. The van der Waals surface area contributed by atoms with E-state index in [0.29, 0.717) is 15.7 Å². The lowest BCUT2D eigenvalue weighted by Gasteiger charge is -2.22. The molecule has 4 nitrogen and oxygen atoms in total. The molecule has 0 fully saturated rings. The van der Waals surface area contributed by atoms with Gasteiger partial charge in [0, 0.05) is 29.5 Å². The van der Waals surface area contributed by atoms with Crippen LogP contribution in [0.15, 0.2) is 36.4 Å². The van der Waals surface area contributed by atoms with Gasteiger partial charge in [0.1, 0.15) is 0 Å². The molecule has 1 amide bonds. The fourth-order valence-corrected chi connectivity index (χ4v) is 2.93. The molecule has 25 heavy (non-hydrogen) atoms. The molecule has 0 heterocycles. The van der Waals surface area contributed by atoms with Gasteiger partial charge in [0.25, 0.3) is 0 Å². The highest BCUT2D eigenvalue weighted by molar-refractivity contribution is 6.35. The van der Waals surface area contributed by atoms with E-state index in [2.05, 4.69) is 35.4 Å². The molecule has 0 bridgehead atoms. The molecule has 0 aliphatic rings. The van der Waals surface area contributed by atoms with Crippen LogP contribution in [0, 0.1) is 6.92 Å². The molecular formula is C19H23Cl2N3O. The monoisotopic (exact) mass is 379 g/mol. The summed E-state index contributed by atoms with van der Waals surface area (Å²) in [4.78, 5) is 14.5. The van der Waals surface area contributed by atoms with Gasteiger partial charge in [0.15, 0.2) is 0 Å². The van der Waals surface area contributed by atoms with E-state index >= 15 is 0 Å². The van der Waals surface area contributed by atoms with Gasteiger partial charge in [-0.2, -0.15) is 0 Å². The fraction of sp³-hybridized carbons (Fsp3) is 0.316. The van der Waals surface area contributed by atoms with Crippen LogP contribution in [0.2, 0.25) is 10.0 Å². The highest BCUT2D eigenvalue weighted by Crippen LogP contribution is 2.25. The number of anilines is 3. The summed E-state index contributed by atoms with van der Waals surface area (Å²) in [6.07, 6.45) is 0. The lowest BCUT2D eigenvalue weighted by atomic mass is 10.1. The molecule has 0 saturated heterocycles. The van der Waals surface area contributed by atoms with E-state index < -0.39 is 0 Å². The zero-order valence-electron chi connectivity index (χ0n) is 14.7. The van der Waals surface area contributed by atoms with Crippen LogP contribution >= 0.6 is 23.2 Å². The first-order valence-electron chi connectivity index (χ1n) is 8.29. The maximum absolute atomic E-state index is 12.2. The van der Waals surface area contributed by atoms with E-state index in [1.807, 2.05) is 19.1 Å². The second kappa shape index (κ2) is 8.97. The Bertz CT molecular complexity index is 745. The molecule has 0 aliphatic carbocycles. The third kappa shape index (κ3) is 5.28. The highest BCUT2D eigenvalue weighted by atomic mass is 35.5. The highest BCUT2D eigenvalue weighted by Gasteiger charge is 2.09. The minimum Gasteiger partial charge on any atom is -0.375 e. The van der Waals surface area contributed by atoms with Crippen molar-refractivity contribution in [1.82, 2.24) is 0 Å². The van der Waals surface area contributed by atoms with Crippen molar-refractivity contribution >= 4 is 46.2 Å². The van der Waals surface area contributed by atoms with Crippen molar-refractivity contribution < 1.29 is 4.79 Å². The lowest BCUT2D eigenvalue weighted by molar-refractivity contribution is -0.114. The molecule has 134 valence electrons. The van der Waals surface area contributed by atoms with Gasteiger partial charge in [-0.1, -0.05) is 23.2 Å². The van der Waals surface area contributed by atoms with Crippen molar-refractivity contribution in [3.63, 3.8) is 0 Å². The molecule has 0 aromatic heterocycles. The third-order valence-electron chi connectivity index (χ3n) is 3.98. The minimum absolute atomic E-state index is 0.108. The Hall–Kier alpha value is -1.91. The molecule has 6 heteroatoms. The number of carbonyl (C=O) groups excluding carboxylic acids is 1. The molecule has 0 radical (unpaired) electrons. The topological polar surface area (TPSA) is 44.4 Å². The normalized spacial score (nSPS) is 10.4. The number of benzene rings is 2. The number of nitrogens with one attached hydrogen (secondary N) is 2. The van der Waals surface area contributed by atoms with Gasteiger partial charge in [-0.05, 0) is 62.7 Å². The molecule has 0 spiro atoms. The zero-order chi connectivity index (χ0) is 18.4. The fourth-order valence-electron chi connectivity index (χ4n) is 2.58. The van der Waals surface area contributed by atoms with Gasteiger partial charge in [0.05, 0.1) is 17.3 Å². The zero-order valence-corrected chi connectivity index (χ0v) is 16.2. The van der Waals surface area contributed by atoms with Crippen molar-refractivity contribution in [3.8, 4) is 0 Å². The summed E-state index contributed by atoms with van der Waals surface area (Å²) in [7, 11) is 0. The molecule has 2 rings (SSSR count). The minimum atomic E-state index is -0.144. The standard InChI is InChI=1S/C19H23Cl2N3O/c1-4-24(5-2)15-7-9-17(13(3)10-15)23-19(25)12-22-18-11-14(20)6-8-16(18)21/h6-11,22H,4-5,12H2,1-3H3,(H,23,25). The Morgan fingerprint density at radius 1 is 1.04 bits per heavy atom. The van der Waals surface area contributed by atoms with E-state index in [1.54, 1.807) is 18.2 Å². The summed E-state index contributed by atoms with van der Waals surface area (Å²) in [5.41, 5.74) is 3.63. The summed E-state index contributed by atoms with van der Waals surface area (Å²) < 4.78 is 0. The van der Waals surface area contributed by atoms with Crippen LogP contribution in [-0.4, -0.2) is 25.5 Å². The Balaban J connectivity index is 1.99. The second-order valence-electron chi connectivity index (χ2n) is 5.70. The first-order valence-corrected chi connectivity index (χ1v) is 9.04. The van der Waals surface area contributed by atoms with Crippen molar-refractivity contribution in [2.75, 3.05) is 35.2 Å². The maximum Gasteiger partial charge on any atom is 0.243 e. The maximum atomic E-state index is 12.2. The molecule has 0 saturated carbocycles. The van der Waals surface area contributed by atoms with E-state index in [-0.39, 0.29) is 12.5 Å². The van der Waals surface area contributed by atoms with E-state index in [9.17, 15) is 4.79 Å². The van der Waals surface area contributed by atoms with Crippen molar-refractivity contribution in [3.05, 3.63) is 52.0 Å². The Labute approximate surface area is 159 Å². The summed E-state index contributed by atoms with van der Waals surface area (Å²) >= 11 is 12.0. The number of amides is 1. The SMILES string of the molecule is CCN(CC)c1ccc(NC(=O)CNc2cc(Cl)ccc2Cl)c(C)c1. The van der Waals surface area contributed by atoms with E-state index in [4.69, 9.17) is 23.2 Å². The average Bonchev–Trinajstić information content (AvgIpc) is 2.59. The van der Waals surface area contributed by atoms with Crippen LogP contribution in [0.3, 0.4) is 0 Å². The van der Waals surface area contributed by atoms with Crippen LogP contribution in [-0.2, 0) is 4.79 Å². The summed E-state index contributed by atoms with van der Waals surface area (Å²) in [5, 5.41) is 7.02. The molecular weight excluding hydrogens is 357 g/mol. The molecule has 2 N–H and O–H groups in total. The van der Waals surface area contributed by atoms with Crippen LogP contribution in [0.5, 0.6) is 0 Å². The van der Waals surface area contributed by atoms with Crippen molar-refractivity contribution in [1.29, 1.82) is 0 Å². The summed E-state index contributed by atoms with van der Waals surface area (Å²) in [6.45, 7) is 8.25. The Morgan fingerprint density at radius 3 is 2.40 bits per heavy atom. The predicted molar refractivity (Wildman–Crippen MR) is 108 cm³/mol. The quantitative estimate of drug-likeness (QED) is 0.694. The van der Waals surface area contributed by atoms with Crippen molar-refractivity contribution in [2.45, 2.75) is 20.8 Å². The number of rotatable bonds is 7. The molecule has 0 unspecified atom stereocenters. The van der Waals surface area contributed by atoms with Gasteiger partial charge in [-0.3, -0.25) is 4.79 Å². The van der Waals surface area contributed by atoms with Crippen LogP contribution in [0.25, 0.3) is 0 Å². The number of hydrogen-bond acceptors (Lipinski definition) is 3. The van der Waals surface area contributed by atoms with Crippen LogP contribution < -0.4 is 15.5 Å². The molecule has 2 aromatic rings. The second-order valence-corrected chi connectivity index (χ2v) is 6.54. The number of hydrogen-bond donors (Lipinski definition) is 2. The van der Waals surface area contributed by atoms with E-state index in [0.717, 1.165) is 30.0 Å². The summed E-state index contributed by atoms with van der Waals surface area (Å²) in [6, 6.07) is 11.1. The average molecular weight is 380 g/mol. The van der Waals surface area contributed by atoms with Gasteiger partial charge in [0.2, 0.25) is 5.91 Å². The molecule has 0 aliphatic heterocycles. The largest absolute Gasteiger partial charge is 0.375 e. The lowest BCUT2D eigenvalue weighted by Crippen LogP contribution is -2.23. The number of nitrogens with zero attached hydrogens (tertiary/aromatic N) is 1.